The van der Waals surface area contributed by atoms with E-state index in [1.54, 1.807) is 12.4 Å². The van der Waals surface area contributed by atoms with Crippen LogP contribution in [0.4, 0.5) is 0 Å². The number of carbonyl (C=O) groups excluding carboxylic acids is 2. The van der Waals surface area contributed by atoms with Crippen LogP contribution < -0.4 is 14.8 Å². The van der Waals surface area contributed by atoms with Crippen LogP contribution in [0.15, 0.2) is 67.0 Å². The number of fused-ring (bicyclic) bond motifs is 1. The molecule has 4 aromatic rings. The van der Waals surface area contributed by atoms with Gasteiger partial charge in [0.15, 0.2) is 0 Å². The fourth-order valence-electron chi connectivity index (χ4n) is 3.47. The summed E-state index contributed by atoms with van der Waals surface area (Å²) in [6, 6.07) is 17.0. The summed E-state index contributed by atoms with van der Waals surface area (Å²) in [4.78, 5) is 31.2. The molecule has 0 aliphatic carbocycles. The summed E-state index contributed by atoms with van der Waals surface area (Å²) in [6.07, 6.45) is 6.15. The highest BCUT2D eigenvalue weighted by atomic mass is 32.2. The van der Waals surface area contributed by atoms with Gasteiger partial charge in [0.1, 0.15) is 29.7 Å². The molecule has 1 N–H and O–H groups in total. The number of benzene rings is 2. The lowest BCUT2D eigenvalue weighted by Gasteiger charge is -2.13. The number of hydrogen-bond donors (Lipinski definition) is 1. The van der Waals surface area contributed by atoms with E-state index < -0.39 is 0 Å². The summed E-state index contributed by atoms with van der Waals surface area (Å²) < 4.78 is 13.8. The topological polar surface area (TPSA) is 95.3 Å². The van der Waals surface area contributed by atoms with E-state index in [0.717, 1.165) is 22.4 Å². The molecular weight excluding hydrogens is 452 g/mol. The van der Waals surface area contributed by atoms with Crippen LogP contribution in [0.25, 0.3) is 11.0 Å². The third kappa shape index (κ3) is 5.55. The molecule has 0 aliphatic heterocycles. The Bertz CT molecular complexity index is 1280. The van der Waals surface area contributed by atoms with Gasteiger partial charge in [-0.3, -0.25) is 19.9 Å². The van der Waals surface area contributed by atoms with Crippen molar-refractivity contribution in [3.05, 3.63) is 78.4 Å². The zero-order chi connectivity index (χ0) is 23.9. The Kier molecular flexibility index (Phi) is 7.44. The summed E-state index contributed by atoms with van der Waals surface area (Å²) in [7, 11) is 1.94. The number of nitrogens with zero attached hydrogens (tertiary/aromatic N) is 3. The Morgan fingerprint density at radius 2 is 1.94 bits per heavy atom. The summed E-state index contributed by atoms with van der Waals surface area (Å²) >= 11 is 1.40. The van der Waals surface area contributed by atoms with Crippen LogP contribution in [0.5, 0.6) is 17.2 Å². The molecular formula is C25H24N4O4S. The minimum absolute atomic E-state index is 0.293. The van der Waals surface area contributed by atoms with Crippen LogP contribution >= 0.6 is 11.8 Å². The number of ether oxygens (including phenoxy) is 2. The number of pyridine rings is 1. The standard InChI is InChI=1S/C25H24N4O4S/c1-29-22-13-19(33-20-4-3-11-26-14-20)9-10-21(22)28-24(29)15-32-18-7-5-17(6-8-18)12-23(34-2)25(31)27-16-30/h3-11,13-14,16,23H,12,15H2,1-2H3,(H,27,30,31). The number of imidazole rings is 1. The zero-order valence-electron chi connectivity index (χ0n) is 18.8. The number of hydrogen-bond acceptors (Lipinski definition) is 7. The quantitative estimate of drug-likeness (QED) is 0.347. The van der Waals surface area contributed by atoms with Crippen molar-refractivity contribution in [2.24, 2.45) is 7.05 Å². The predicted octanol–water partition coefficient (Wildman–Crippen LogP) is 3.89. The van der Waals surface area contributed by atoms with Gasteiger partial charge in [-0.1, -0.05) is 12.1 Å². The van der Waals surface area contributed by atoms with E-state index in [1.165, 1.54) is 11.8 Å². The lowest BCUT2D eigenvalue weighted by Crippen LogP contribution is -2.32. The van der Waals surface area contributed by atoms with Crippen molar-refractivity contribution in [2.45, 2.75) is 18.3 Å². The Morgan fingerprint density at radius 3 is 2.65 bits per heavy atom. The van der Waals surface area contributed by atoms with Crippen LogP contribution in [-0.2, 0) is 29.7 Å². The lowest BCUT2D eigenvalue weighted by atomic mass is 10.1. The number of nitrogens with one attached hydrogen (secondary N) is 1. The highest BCUT2D eigenvalue weighted by Gasteiger charge is 2.17. The SMILES string of the molecule is CSC(Cc1ccc(OCc2nc3ccc(Oc4cccnc4)cc3n2C)cc1)C(=O)NC=O. The summed E-state index contributed by atoms with van der Waals surface area (Å²) in [5.41, 5.74) is 2.77. The molecule has 8 nitrogen and oxygen atoms in total. The highest BCUT2D eigenvalue weighted by Crippen LogP contribution is 2.26. The van der Waals surface area contributed by atoms with E-state index in [4.69, 9.17) is 9.47 Å². The van der Waals surface area contributed by atoms with Crippen LogP contribution in [0.1, 0.15) is 11.4 Å². The Balaban J connectivity index is 1.40. The van der Waals surface area contributed by atoms with E-state index in [9.17, 15) is 9.59 Å². The number of carbonyl (C=O) groups is 2. The van der Waals surface area contributed by atoms with Gasteiger partial charge < -0.3 is 14.0 Å². The molecule has 9 heteroatoms. The number of thioether (sulfide) groups is 1. The molecule has 2 amide bonds. The maximum absolute atomic E-state index is 11.9. The maximum Gasteiger partial charge on any atom is 0.239 e. The van der Waals surface area contributed by atoms with Crippen LogP contribution in [-0.4, -0.2) is 38.4 Å². The first-order valence-corrected chi connectivity index (χ1v) is 11.9. The minimum Gasteiger partial charge on any atom is -0.486 e. The number of imide groups is 1. The Hall–Kier alpha value is -3.85. The van der Waals surface area contributed by atoms with Crippen molar-refractivity contribution in [1.82, 2.24) is 19.9 Å². The van der Waals surface area contributed by atoms with E-state index >= 15 is 0 Å². The molecule has 174 valence electrons. The predicted molar refractivity (Wildman–Crippen MR) is 131 cm³/mol. The second-order valence-electron chi connectivity index (χ2n) is 7.52. The molecule has 2 aromatic carbocycles. The maximum atomic E-state index is 11.9. The van der Waals surface area contributed by atoms with Gasteiger partial charge in [0.05, 0.1) is 22.5 Å². The molecule has 0 bridgehead atoms. The van der Waals surface area contributed by atoms with Crippen molar-refractivity contribution in [2.75, 3.05) is 6.26 Å². The fraction of sp³-hybridized carbons (Fsp3) is 0.200. The molecule has 0 spiro atoms. The lowest BCUT2D eigenvalue weighted by molar-refractivity contribution is -0.124. The van der Waals surface area contributed by atoms with Crippen molar-refractivity contribution in [3.63, 3.8) is 0 Å². The van der Waals surface area contributed by atoms with Gasteiger partial charge >= 0.3 is 0 Å². The number of amides is 2. The average molecular weight is 477 g/mol. The molecule has 1 unspecified atom stereocenters. The van der Waals surface area contributed by atoms with Gasteiger partial charge in [-0.2, -0.15) is 11.8 Å². The van der Waals surface area contributed by atoms with E-state index in [2.05, 4.69) is 15.3 Å². The van der Waals surface area contributed by atoms with E-state index in [1.807, 2.05) is 72.5 Å². The van der Waals surface area contributed by atoms with Crippen molar-refractivity contribution >= 4 is 35.1 Å². The molecule has 1 atom stereocenters. The van der Waals surface area contributed by atoms with Gasteiger partial charge in [0.2, 0.25) is 12.3 Å². The third-order valence-electron chi connectivity index (χ3n) is 5.31. The normalized spacial score (nSPS) is 11.7. The first kappa shape index (κ1) is 23.3. The summed E-state index contributed by atoms with van der Waals surface area (Å²) in [5, 5.41) is 1.88. The first-order valence-electron chi connectivity index (χ1n) is 10.6. The summed E-state index contributed by atoms with van der Waals surface area (Å²) in [6.45, 7) is 0.304. The van der Waals surface area contributed by atoms with Gasteiger partial charge in [-0.15, -0.1) is 0 Å². The molecule has 4 rings (SSSR count). The van der Waals surface area contributed by atoms with Gasteiger partial charge in [0.25, 0.3) is 0 Å². The molecule has 0 radical (unpaired) electrons. The van der Waals surface area contributed by atoms with Crippen molar-refractivity contribution < 1.29 is 19.1 Å². The Labute approximate surface area is 201 Å². The molecule has 2 aromatic heterocycles. The molecule has 0 fully saturated rings. The zero-order valence-corrected chi connectivity index (χ0v) is 19.6. The average Bonchev–Trinajstić information content (AvgIpc) is 3.17. The largest absolute Gasteiger partial charge is 0.486 e. The molecule has 0 saturated carbocycles. The number of aromatic nitrogens is 3. The molecule has 0 aliphatic rings. The fourth-order valence-corrected chi connectivity index (χ4v) is 4.11. The summed E-state index contributed by atoms with van der Waals surface area (Å²) in [5.74, 6) is 2.57. The second kappa shape index (κ2) is 10.8. The van der Waals surface area contributed by atoms with Crippen LogP contribution in [0.3, 0.4) is 0 Å². The smallest absolute Gasteiger partial charge is 0.239 e. The van der Waals surface area contributed by atoms with Crippen molar-refractivity contribution in [1.29, 1.82) is 0 Å². The van der Waals surface area contributed by atoms with Gasteiger partial charge in [0, 0.05) is 19.3 Å². The second-order valence-corrected chi connectivity index (χ2v) is 8.56. The molecule has 34 heavy (non-hydrogen) atoms. The highest BCUT2D eigenvalue weighted by molar-refractivity contribution is 7.99. The van der Waals surface area contributed by atoms with Crippen LogP contribution in [0, 0.1) is 0 Å². The number of rotatable bonds is 10. The van der Waals surface area contributed by atoms with Gasteiger partial charge in [-0.25, -0.2) is 4.98 Å². The van der Waals surface area contributed by atoms with E-state index in [-0.39, 0.29) is 11.2 Å². The first-order chi connectivity index (χ1) is 16.6. The number of aryl methyl sites for hydroxylation is 1. The van der Waals surface area contributed by atoms with Crippen LogP contribution in [0.2, 0.25) is 0 Å². The monoisotopic (exact) mass is 476 g/mol. The molecule has 0 saturated heterocycles. The van der Waals surface area contributed by atoms with Crippen molar-refractivity contribution in [3.8, 4) is 17.2 Å². The third-order valence-corrected chi connectivity index (χ3v) is 6.26. The Morgan fingerprint density at radius 1 is 1.15 bits per heavy atom. The minimum atomic E-state index is -0.330. The van der Waals surface area contributed by atoms with E-state index in [0.29, 0.717) is 36.7 Å². The molecule has 2 heterocycles. The van der Waals surface area contributed by atoms with Gasteiger partial charge in [-0.05, 0) is 54.6 Å².